The molecular formula is C14H17ClN2O5. The molecule has 0 radical (unpaired) electrons. The van der Waals surface area contributed by atoms with Crippen LogP contribution in [-0.2, 0) is 6.54 Å². The van der Waals surface area contributed by atoms with Gasteiger partial charge < -0.3 is 19.9 Å². The predicted octanol–water partition coefficient (Wildman–Crippen LogP) is 1.72. The number of rotatable bonds is 7. The Balaban J connectivity index is 0.00000242. The summed E-state index contributed by atoms with van der Waals surface area (Å²) >= 11 is 0. The third-order valence-corrected chi connectivity index (χ3v) is 2.91. The summed E-state index contributed by atoms with van der Waals surface area (Å²) in [7, 11) is 0. The summed E-state index contributed by atoms with van der Waals surface area (Å²) in [5.74, 6) is 1.29. The molecule has 1 aromatic heterocycles. The van der Waals surface area contributed by atoms with Crippen molar-refractivity contribution >= 4 is 18.1 Å². The van der Waals surface area contributed by atoms with Crippen molar-refractivity contribution in [3.63, 3.8) is 0 Å². The maximum Gasteiger partial charge on any atom is 0.269 e. The molecule has 120 valence electrons. The number of halogens is 1. The molecule has 0 amide bonds. The molecule has 2 rings (SSSR count). The summed E-state index contributed by atoms with van der Waals surface area (Å²) in [6, 6.07) is 9.67. The Hall–Kier alpha value is -1.93. The second-order valence-electron chi connectivity index (χ2n) is 4.54. The van der Waals surface area contributed by atoms with Gasteiger partial charge in [-0.05, 0) is 24.3 Å². The smallest absolute Gasteiger partial charge is 0.269 e. The molecule has 0 aliphatic carbocycles. The maximum atomic E-state index is 10.6. The van der Waals surface area contributed by atoms with Crippen molar-refractivity contribution in [2.24, 2.45) is 0 Å². The van der Waals surface area contributed by atoms with Crippen LogP contribution < -0.4 is 5.32 Å². The van der Waals surface area contributed by atoms with E-state index in [1.54, 1.807) is 24.3 Å². The first-order chi connectivity index (χ1) is 10.1. The third kappa shape index (κ3) is 4.81. The zero-order valence-corrected chi connectivity index (χ0v) is 12.5. The molecule has 0 bridgehead atoms. The Labute approximate surface area is 133 Å². The Morgan fingerprint density at radius 1 is 1.23 bits per heavy atom. The van der Waals surface area contributed by atoms with Gasteiger partial charge in [-0.1, -0.05) is 0 Å². The highest BCUT2D eigenvalue weighted by Gasteiger charge is 2.09. The summed E-state index contributed by atoms with van der Waals surface area (Å²) in [5.41, 5.74) is 0.785. The van der Waals surface area contributed by atoms with Crippen LogP contribution in [0.1, 0.15) is 5.76 Å². The summed E-state index contributed by atoms with van der Waals surface area (Å²) in [6.07, 6.45) is -0.797. The zero-order valence-electron chi connectivity index (χ0n) is 11.6. The van der Waals surface area contributed by atoms with Crippen LogP contribution in [-0.4, -0.2) is 34.4 Å². The van der Waals surface area contributed by atoms with Crippen LogP contribution in [0.3, 0.4) is 0 Å². The minimum atomic E-state index is -0.797. The van der Waals surface area contributed by atoms with Gasteiger partial charge in [0.15, 0.2) is 0 Å². The highest BCUT2D eigenvalue weighted by atomic mass is 35.5. The number of aliphatic hydroxyl groups excluding tert-OH is 2. The van der Waals surface area contributed by atoms with E-state index in [4.69, 9.17) is 9.52 Å². The molecule has 3 N–H and O–H groups in total. The lowest BCUT2D eigenvalue weighted by molar-refractivity contribution is -0.384. The van der Waals surface area contributed by atoms with Crippen LogP contribution >= 0.6 is 12.4 Å². The molecule has 0 aliphatic rings. The first-order valence-corrected chi connectivity index (χ1v) is 6.43. The first kappa shape index (κ1) is 18.1. The van der Waals surface area contributed by atoms with Gasteiger partial charge in [-0.3, -0.25) is 10.1 Å². The number of hydrogen-bond donors (Lipinski definition) is 3. The minimum Gasteiger partial charge on any atom is -0.460 e. The fourth-order valence-corrected chi connectivity index (χ4v) is 1.80. The van der Waals surface area contributed by atoms with E-state index in [1.807, 2.05) is 0 Å². The normalized spacial score (nSPS) is 11.7. The molecule has 0 aliphatic heterocycles. The van der Waals surface area contributed by atoms with E-state index in [9.17, 15) is 15.2 Å². The van der Waals surface area contributed by atoms with Crippen molar-refractivity contribution in [2.75, 3.05) is 13.2 Å². The molecule has 8 heteroatoms. The number of benzene rings is 1. The number of nitro benzene ring substituents is 1. The lowest BCUT2D eigenvalue weighted by Crippen LogP contribution is -2.28. The second kappa shape index (κ2) is 8.50. The van der Waals surface area contributed by atoms with E-state index < -0.39 is 11.0 Å². The van der Waals surface area contributed by atoms with Crippen molar-refractivity contribution in [3.05, 3.63) is 52.3 Å². The van der Waals surface area contributed by atoms with E-state index >= 15 is 0 Å². The number of hydrogen-bond acceptors (Lipinski definition) is 6. The van der Waals surface area contributed by atoms with E-state index in [2.05, 4.69) is 5.32 Å². The number of nitrogens with zero attached hydrogens (tertiary/aromatic N) is 1. The number of non-ortho nitro benzene ring substituents is 1. The molecule has 22 heavy (non-hydrogen) atoms. The highest BCUT2D eigenvalue weighted by Crippen LogP contribution is 2.24. The Bertz CT molecular complexity index is 600. The largest absolute Gasteiger partial charge is 0.460 e. The lowest BCUT2D eigenvalue weighted by atomic mass is 10.1. The molecule has 1 heterocycles. The number of furan rings is 1. The van der Waals surface area contributed by atoms with Crippen molar-refractivity contribution in [3.8, 4) is 11.3 Å². The highest BCUT2D eigenvalue weighted by molar-refractivity contribution is 5.85. The number of nitrogens with one attached hydrogen (secondary N) is 1. The van der Waals surface area contributed by atoms with Gasteiger partial charge in [-0.25, -0.2) is 0 Å². The molecule has 0 spiro atoms. The molecule has 1 aromatic carbocycles. The fourth-order valence-electron chi connectivity index (χ4n) is 1.80. The quantitative estimate of drug-likeness (QED) is 0.527. The zero-order chi connectivity index (χ0) is 15.2. The minimum absolute atomic E-state index is 0. The van der Waals surface area contributed by atoms with Gasteiger partial charge >= 0.3 is 0 Å². The van der Waals surface area contributed by atoms with Gasteiger partial charge in [0.25, 0.3) is 5.69 Å². The van der Waals surface area contributed by atoms with Crippen molar-refractivity contribution in [1.29, 1.82) is 0 Å². The molecule has 0 saturated carbocycles. The standard InChI is InChI=1S/C14H16N2O5.ClH/c17-9-12(18)7-15-8-13-5-6-14(21-13)10-1-3-11(4-2-10)16(19)20;/h1-6,12,15,17-18H,7-9H2;1H. The topological polar surface area (TPSA) is 109 Å². The summed E-state index contributed by atoms with van der Waals surface area (Å²) in [6.45, 7) is 0.396. The molecule has 7 nitrogen and oxygen atoms in total. The number of aliphatic hydroxyl groups is 2. The van der Waals surface area contributed by atoms with Crippen molar-refractivity contribution < 1.29 is 19.6 Å². The van der Waals surface area contributed by atoms with Crippen LogP contribution in [0, 0.1) is 10.1 Å². The van der Waals surface area contributed by atoms with E-state index in [0.717, 1.165) is 5.56 Å². The van der Waals surface area contributed by atoms with Crippen molar-refractivity contribution in [2.45, 2.75) is 12.6 Å². The van der Waals surface area contributed by atoms with Gasteiger partial charge in [0, 0.05) is 24.2 Å². The number of nitro groups is 1. The Kier molecular flexibility index (Phi) is 7.00. The van der Waals surface area contributed by atoms with Crippen LogP contribution in [0.5, 0.6) is 0 Å². The summed E-state index contributed by atoms with van der Waals surface area (Å²) in [5, 5.41) is 31.4. The van der Waals surface area contributed by atoms with E-state index in [1.165, 1.54) is 12.1 Å². The van der Waals surface area contributed by atoms with Crippen LogP contribution in [0.2, 0.25) is 0 Å². The van der Waals surface area contributed by atoms with Crippen LogP contribution in [0.15, 0.2) is 40.8 Å². The van der Waals surface area contributed by atoms with Crippen LogP contribution in [0.25, 0.3) is 11.3 Å². The molecule has 0 fully saturated rings. The van der Waals surface area contributed by atoms with Gasteiger partial charge in [0.2, 0.25) is 0 Å². The Morgan fingerprint density at radius 2 is 1.91 bits per heavy atom. The predicted molar refractivity (Wildman–Crippen MR) is 82.8 cm³/mol. The maximum absolute atomic E-state index is 10.6. The molecule has 1 unspecified atom stereocenters. The monoisotopic (exact) mass is 328 g/mol. The van der Waals surface area contributed by atoms with Crippen molar-refractivity contribution in [1.82, 2.24) is 5.32 Å². The third-order valence-electron chi connectivity index (χ3n) is 2.91. The summed E-state index contributed by atoms with van der Waals surface area (Å²) < 4.78 is 5.61. The SMILES string of the molecule is Cl.O=[N+]([O-])c1ccc(-c2ccc(CNCC(O)CO)o2)cc1. The molecule has 2 aromatic rings. The van der Waals surface area contributed by atoms with Crippen LogP contribution in [0.4, 0.5) is 5.69 Å². The average molecular weight is 329 g/mol. The van der Waals surface area contributed by atoms with Gasteiger partial charge in [-0.2, -0.15) is 0 Å². The lowest BCUT2D eigenvalue weighted by Gasteiger charge is -2.07. The molecule has 1 atom stereocenters. The average Bonchev–Trinajstić information content (AvgIpc) is 2.96. The second-order valence-corrected chi connectivity index (χ2v) is 4.54. The van der Waals surface area contributed by atoms with Gasteiger partial charge in [0.1, 0.15) is 11.5 Å². The first-order valence-electron chi connectivity index (χ1n) is 6.43. The van der Waals surface area contributed by atoms with Gasteiger partial charge in [-0.15, -0.1) is 12.4 Å². The fraction of sp³-hybridized carbons (Fsp3) is 0.286. The van der Waals surface area contributed by atoms with Gasteiger partial charge in [0.05, 0.1) is 24.2 Å². The summed E-state index contributed by atoms with van der Waals surface area (Å²) in [4.78, 5) is 10.1. The van der Waals surface area contributed by atoms with E-state index in [-0.39, 0.29) is 31.2 Å². The van der Waals surface area contributed by atoms with E-state index in [0.29, 0.717) is 18.1 Å². The molecule has 0 saturated heterocycles. The Morgan fingerprint density at radius 3 is 2.50 bits per heavy atom. The molecular weight excluding hydrogens is 312 g/mol.